The minimum Gasteiger partial charge on any atom is -0.310 e. The number of nitrogens with zero attached hydrogens (tertiary/aromatic N) is 1. The lowest BCUT2D eigenvalue weighted by atomic mass is 9.67. The van der Waals surface area contributed by atoms with E-state index in [1.807, 2.05) is 11.3 Å². The van der Waals surface area contributed by atoms with E-state index in [0.29, 0.717) is 0 Å². The van der Waals surface area contributed by atoms with E-state index in [1.54, 1.807) is 0 Å². The van der Waals surface area contributed by atoms with Gasteiger partial charge >= 0.3 is 0 Å². The second-order valence-corrected chi connectivity index (χ2v) is 15.6. The lowest BCUT2D eigenvalue weighted by molar-refractivity contribution is 0.768. The van der Waals surface area contributed by atoms with Crippen LogP contribution in [0.25, 0.3) is 53.2 Å². The summed E-state index contributed by atoms with van der Waals surface area (Å²) < 4.78 is 2.61. The van der Waals surface area contributed by atoms with Gasteiger partial charge in [-0.3, -0.25) is 0 Å². The van der Waals surface area contributed by atoms with Crippen molar-refractivity contribution in [3.63, 3.8) is 0 Å². The Labute approximate surface area is 325 Å². The van der Waals surface area contributed by atoms with Crippen molar-refractivity contribution in [2.75, 3.05) is 4.90 Å². The first-order valence-electron chi connectivity index (χ1n) is 18.9. The Morgan fingerprint density at radius 1 is 0.345 bits per heavy atom. The topological polar surface area (TPSA) is 3.24 Å². The molecule has 0 fully saturated rings. The molecular weight excluding hydrogens is 683 g/mol. The summed E-state index contributed by atoms with van der Waals surface area (Å²) >= 11 is 1.86. The van der Waals surface area contributed by atoms with Gasteiger partial charge in [0, 0.05) is 37.2 Å². The van der Waals surface area contributed by atoms with E-state index in [9.17, 15) is 0 Å². The number of anilines is 3. The van der Waals surface area contributed by atoms with Gasteiger partial charge in [-0.25, -0.2) is 0 Å². The lowest BCUT2D eigenvalue weighted by Gasteiger charge is -2.35. The molecule has 11 rings (SSSR count). The first kappa shape index (κ1) is 31.8. The zero-order chi connectivity index (χ0) is 36.3. The SMILES string of the molecule is c1ccc(C2(c3ccccc3)c3ccccc3-c3ccc(N(c4cccc(-c5ccc6ccccc6c5)c4)c4ccc5sc6ccccc6c5c4)cc32)cc1. The zero-order valence-electron chi connectivity index (χ0n) is 30.1. The van der Waals surface area contributed by atoms with Gasteiger partial charge in [0.25, 0.3) is 0 Å². The Bertz CT molecular complexity index is 3010. The molecule has 0 saturated heterocycles. The molecule has 0 atom stereocenters. The maximum Gasteiger partial charge on any atom is 0.0714 e. The monoisotopic (exact) mass is 717 g/mol. The van der Waals surface area contributed by atoms with Crippen LogP contribution in [0.5, 0.6) is 0 Å². The molecule has 0 N–H and O–H groups in total. The summed E-state index contributed by atoms with van der Waals surface area (Å²) in [6, 6.07) is 78.4. The van der Waals surface area contributed by atoms with Gasteiger partial charge in [-0.1, -0.05) is 158 Å². The summed E-state index contributed by atoms with van der Waals surface area (Å²) in [5.74, 6) is 0. The standard InChI is InChI=1S/C53H35NS/c1-3-17-40(18-4-1)53(41-19-5-2-6-20-41)49-24-11-9-22-45(49)46-30-28-44(35-50(46)53)54(43-29-31-52-48(34-43)47-23-10-12-25-51(47)55-52)42-21-13-16-38(33-42)39-27-26-36-14-7-8-15-37(36)32-39/h1-35H. The largest absolute Gasteiger partial charge is 0.310 e. The lowest BCUT2D eigenvalue weighted by Crippen LogP contribution is -2.28. The molecule has 1 nitrogen and oxygen atoms in total. The molecule has 9 aromatic carbocycles. The molecule has 0 radical (unpaired) electrons. The smallest absolute Gasteiger partial charge is 0.0714 e. The Balaban J connectivity index is 1.17. The van der Waals surface area contributed by atoms with Crippen LogP contribution in [0, 0.1) is 0 Å². The van der Waals surface area contributed by atoms with Crippen LogP contribution in [-0.2, 0) is 5.41 Å². The number of thiophene rings is 1. The van der Waals surface area contributed by atoms with Gasteiger partial charge < -0.3 is 4.90 Å². The Morgan fingerprint density at radius 3 is 1.80 bits per heavy atom. The minimum absolute atomic E-state index is 0.489. The molecule has 0 unspecified atom stereocenters. The van der Waals surface area contributed by atoms with Gasteiger partial charge in [0.15, 0.2) is 0 Å². The average molecular weight is 718 g/mol. The van der Waals surface area contributed by atoms with Gasteiger partial charge in [0.2, 0.25) is 0 Å². The molecule has 0 spiro atoms. The first-order chi connectivity index (χ1) is 27.3. The fraction of sp³-hybridized carbons (Fsp3) is 0.0189. The van der Waals surface area contributed by atoms with Crippen LogP contribution in [0.15, 0.2) is 212 Å². The molecule has 258 valence electrons. The molecule has 10 aromatic rings. The van der Waals surface area contributed by atoms with E-state index in [0.717, 1.165) is 17.1 Å². The van der Waals surface area contributed by atoms with E-state index in [1.165, 1.54) is 75.5 Å². The van der Waals surface area contributed by atoms with Crippen molar-refractivity contribution in [1.82, 2.24) is 0 Å². The molecule has 0 saturated carbocycles. The Hall–Kier alpha value is -6.74. The molecule has 1 aliphatic carbocycles. The van der Waals surface area contributed by atoms with Gasteiger partial charge in [-0.2, -0.15) is 0 Å². The summed E-state index contributed by atoms with van der Waals surface area (Å²) in [4.78, 5) is 2.46. The summed E-state index contributed by atoms with van der Waals surface area (Å²) in [5, 5.41) is 5.07. The third-order valence-electron chi connectivity index (χ3n) is 11.5. The third kappa shape index (κ3) is 4.99. The highest BCUT2D eigenvalue weighted by atomic mass is 32.1. The average Bonchev–Trinajstić information content (AvgIpc) is 3.78. The molecule has 1 aromatic heterocycles. The van der Waals surface area contributed by atoms with Crippen molar-refractivity contribution < 1.29 is 0 Å². The van der Waals surface area contributed by atoms with Gasteiger partial charge in [-0.05, 0) is 110 Å². The molecule has 0 aliphatic heterocycles. The molecule has 1 aliphatic rings. The highest BCUT2D eigenvalue weighted by Gasteiger charge is 2.46. The maximum absolute atomic E-state index is 2.47. The second kappa shape index (κ2) is 12.7. The molecule has 0 amide bonds. The van der Waals surface area contributed by atoms with E-state index < -0.39 is 5.41 Å². The van der Waals surface area contributed by atoms with E-state index in [2.05, 4.69) is 217 Å². The first-order valence-corrected chi connectivity index (χ1v) is 19.7. The fourth-order valence-corrected chi connectivity index (χ4v) is 10.2. The highest BCUT2D eigenvalue weighted by molar-refractivity contribution is 7.25. The Kier molecular flexibility index (Phi) is 7.33. The van der Waals surface area contributed by atoms with Crippen molar-refractivity contribution in [2.24, 2.45) is 0 Å². The van der Waals surface area contributed by atoms with Crippen molar-refractivity contribution in [1.29, 1.82) is 0 Å². The minimum atomic E-state index is -0.489. The van der Waals surface area contributed by atoms with Gasteiger partial charge in [0.1, 0.15) is 0 Å². The molecule has 55 heavy (non-hydrogen) atoms. The van der Waals surface area contributed by atoms with Crippen molar-refractivity contribution in [2.45, 2.75) is 5.41 Å². The van der Waals surface area contributed by atoms with Crippen LogP contribution >= 0.6 is 11.3 Å². The molecule has 0 bridgehead atoms. The number of fused-ring (bicyclic) bond motifs is 7. The van der Waals surface area contributed by atoms with Crippen LogP contribution in [-0.4, -0.2) is 0 Å². The van der Waals surface area contributed by atoms with E-state index in [4.69, 9.17) is 0 Å². The molecule has 1 heterocycles. The highest BCUT2D eigenvalue weighted by Crippen LogP contribution is 2.57. The van der Waals surface area contributed by atoms with Gasteiger partial charge in [0.05, 0.1) is 5.41 Å². The fourth-order valence-electron chi connectivity index (χ4n) is 9.07. The normalized spacial score (nSPS) is 12.9. The van der Waals surface area contributed by atoms with E-state index >= 15 is 0 Å². The van der Waals surface area contributed by atoms with Crippen LogP contribution in [0.4, 0.5) is 17.1 Å². The van der Waals surface area contributed by atoms with Gasteiger partial charge in [-0.15, -0.1) is 11.3 Å². The van der Waals surface area contributed by atoms with E-state index in [-0.39, 0.29) is 0 Å². The van der Waals surface area contributed by atoms with Crippen molar-refractivity contribution >= 4 is 59.3 Å². The zero-order valence-corrected chi connectivity index (χ0v) is 30.9. The maximum atomic E-state index is 2.47. The summed E-state index contributed by atoms with van der Waals surface area (Å²) in [7, 11) is 0. The molecular formula is C53H35NS. The number of hydrogen-bond donors (Lipinski definition) is 0. The predicted molar refractivity (Wildman–Crippen MR) is 234 cm³/mol. The number of rotatable bonds is 6. The van der Waals surface area contributed by atoms with Crippen LogP contribution in [0.3, 0.4) is 0 Å². The van der Waals surface area contributed by atoms with Crippen molar-refractivity contribution in [3.8, 4) is 22.3 Å². The summed E-state index contributed by atoms with van der Waals surface area (Å²) in [6.07, 6.45) is 0. The second-order valence-electron chi connectivity index (χ2n) is 14.5. The molecule has 2 heteroatoms. The van der Waals surface area contributed by atoms with Crippen LogP contribution < -0.4 is 4.90 Å². The summed E-state index contributed by atoms with van der Waals surface area (Å²) in [5.41, 5.74) is 13.0. The predicted octanol–water partition coefficient (Wildman–Crippen LogP) is 14.7. The van der Waals surface area contributed by atoms with Crippen molar-refractivity contribution in [3.05, 3.63) is 235 Å². The quantitative estimate of drug-likeness (QED) is 0.166. The van der Waals surface area contributed by atoms with Crippen LogP contribution in [0.1, 0.15) is 22.3 Å². The number of hydrogen-bond acceptors (Lipinski definition) is 2. The third-order valence-corrected chi connectivity index (χ3v) is 12.7. The number of benzene rings is 9. The summed E-state index contributed by atoms with van der Waals surface area (Å²) in [6.45, 7) is 0. The van der Waals surface area contributed by atoms with Crippen LogP contribution in [0.2, 0.25) is 0 Å². The Morgan fingerprint density at radius 2 is 0.964 bits per heavy atom.